The predicted octanol–water partition coefficient (Wildman–Crippen LogP) is 10.9. The zero-order chi connectivity index (χ0) is 26.8. The summed E-state index contributed by atoms with van der Waals surface area (Å²) in [5, 5.41) is 0. The molecule has 0 saturated heterocycles. The largest absolute Gasteiger partial charge is 0.465 e. The van der Waals surface area contributed by atoms with Crippen molar-refractivity contribution >= 4 is 0 Å². The summed E-state index contributed by atoms with van der Waals surface area (Å²) in [5.74, 6) is 3.08. The van der Waals surface area contributed by atoms with Crippen molar-refractivity contribution in [3.63, 3.8) is 0 Å². The van der Waals surface area contributed by atoms with Crippen LogP contribution in [0.5, 0.6) is 5.75 Å². The summed E-state index contributed by atoms with van der Waals surface area (Å²) >= 11 is 0. The Morgan fingerprint density at radius 3 is 1.58 bits per heavy atom. The number of ether oxygens (including phenoxy) is 2. The second-order valence-electron chi connectivity index (χ2n) is 13.5. The second-order valence-corrected chi connectivity index (χ2v) is 13.5. The topological polar surface area (TPSA) is 18.5 Å². The van der Waals surface area contributed by atoms with Gasteiger partial charge in [-0.2, -0.15) is 0 Å². The van der Waals surface area contributed by atoms with Gasteiger partial charge < -0.3 is 9.47 Å². The van der Waals surface area contributed by atoms with E-state index >= 15 is 0 Å². The molecule has 0 spiro atoms. The molecule has 2 atom stereocenters. The third kappa shape index (κ3) is 9.38. The summed E-state index contributed by atoms with van der Waals surface area (Å²) in [4.78, 5) is 0. The van der Waals surface area contributed by atoms with Crippen molar-refractivity contribution in [2.24, 2.45) is 22.7 Å². The van der Waals surface area contributed by atoms with Crippen molar-refractivity contribution in [1.29, 1.82) is 0 Å². The van der Waals surface area contributed by atoms with E-state index in [0.29, 0.717) is 11.3 Å². The Morgan fingerprint density at radius 1 is 0.750 bits per heavy atom. The minimum atomic E-state index is -0.176. The van der Waals surface area contributed by atoms with Gasteiger partial charge in [0.2, 0.25) is 6.29 Å². The average Bonchev–Trinajstić information content (AvgIpc) is 2.84. The van der Waals surface area contributed by atoms with Crippen LogP contribution < -0.4 is 4.74 Å². The molecule has 0 heterocycles. The lowest BCUT2D eigenvalue weighted by molar-refractivity contribution is -0.146. The molecule has 0 aliphatic heterocycles. The summed E-state index contributed by atoms with van der Waals surface area (Å²) in [7, 11) is 0. The predicted molar refractivity (Wildman–Crippen MR) is 157 cm³/mol. The van der Waals surface area contributed by atoms with Gasteiger partial charge in [0.25, 0.3) is 0 Å². The Labute approximate surface area is 225 Å². The SMILES string of the molecule is CC(C)OC(CC(C)(C1CCCCC1)C1CCCCC1)Oc1ccc(C(C)C(C)(C)C)cc1.CCC. The molecule has 0 N–H and O–H groups in total. The van der Waals surface area contributed by atoms with E-state index in [-0.39, 0.29) is 17.8 Å². The Hall–Kier alpha value is -1.02. The van der Waals surface area contributed by atoms with Crippen molar-refractivity contribution in [1.82, 2.24) is 0 Å². The average molecular weight is 501 g/mol. The third-order valence-electron chi connectivity index (χ3n) is 9.05. The number of benzene rings is 1. The maximum Gasteiger partial charge on any atom is 0.200 e. The van der Waals surface area contributed by atoms with Crippen molar-refractivity contribution in [3.8, 4) is 5.75 Å². The summed E-state index contributed by atoms with van der Waals surface area (Å²) in [6.45, 7) is 20.4. The highest BCUT2D eigenvalue weighted by Gasteiger charge is 2.44. The molecule has 1 aromatic carbocycles. The quantitative estimate of drug-likeness (QED) is 0.314. The van der Waals surface area contributed by atoms with Crippen molar-refractivity contribution in [2.45, 2.75) is 158 Å². The van der Waals surface area contributed by atoms with Gasteiger partial charge in [-0.15, -0.1) is 0 Å². The summed E-state index contributed by atoms with van der Waals surface area (Å²) in [5.41, 5.74) is 1.94. The third-order valence-corrected chi connectivity index (χ3v) is 9.05. The Morgan fingerprint density at radius 2 is 1.19 bits per heavy atom. The van der Waals surface area contributed by atoms with Gasteiger partial charge in [-0.3, -0.25) is 0 Å². The van der Waals surface area contributed by atoms with Crippen LogP contribution in [0.4, 0.5) is 0 Å². The molecular formula is C34H60O2. The summed E-state index contributed by atoms with van der Waals surface area (Å²) < 4.78 is 13.0. The van der Waals surface area contributed by atoms with E-state index in [2.05, 4.69) is 86.6 Å². The molecule has 2 aliphatic rings. The van der Waals surface area contributed by atoms with Gasteiger partial charge in [-0.1, -0.05) is 106 Å². The van der Waals surface area contributed by atoms with E-state index in [4.69, 9.17) is 9.47 Å². The molecule has 0 radical (unpaired) electrons. The molecule has 208 valence electrons. The molecule has 2 unspecified atom stereocenters. The number of hydrogen-bond acceptors (Lipinski definition) is 2. The van der Waals surface area contributed by atoms with E-state index in [1.54, 1.807) is 0 Å². The van der Waals surface area contributed by atoms with Crippen LogP contribution in [0.2, 0.25) is 0 Å². The summed E-state index contributed by atoms with van der Waals surface area (Å²) in [6, 6.07) is 8.82. The van der Waals surface area contributed by atoms with Crippen LogP contribution in [0.25, 0.3) is 0 Å². The lowest BCUT2D eigenvalue weighted by Crippen LogP contribution is -2.42. The van der Waals surface area contributed by atoms with E-state index in [0.717, 1.165) is 24.0 Å². The van der Waals surface area contributed by atoms with Crippen LogP contribution in [-0.4, -0.2) is 12.4 Å². The Bertz CT molecular complexity index is 684. The first-order valence-electron chi connectivity index (χ1n) is 15.4. The molecule has 2 nitrogen and oxygen atoms in total. The lowest BCUT2D eigenvalue weighted by Gasteiger charge is -2.48. The van der Waals surface area contributed by atoms with Gasteiger partial charge in [0.1, 0.15) is 5.75 Å². The van der Waals surface area contributed by atoms with Gasteiger partial charge >= 0.3 is 0 Å². The molecule has 2 heteroatoms. The minimum Gasteiger partial charge on any atom is -0.465 e. The summed E-state index contributed by atoms with van der Waals surface area (Å²) in [6.07, 6.45) is 16.2. The Kier molecular flexibility index (Phi) is 12.8. The molecule has 0 aromatic heterocycles. The number of hydrogen-bond donors (Lipinski definition) is 0. The highest BCUT2D eigenvalue weighted by Crippen LogP contribution is 2.51. The first-order valence-corrected chi connectivity index (χ1v) is 15.4. The highest BCUT2D eigenvalue weighted by atomic mass is 16.7. The van der Waals surface area contributed by atoms with Crippen LogP contribution >= 0.6 is 0 Å². The molecule has 2 fully saturated rings. The van der Waals surface area contributed by atoms with Crippen LogP contribution in [0.15, 0.2) is 24.3 Å². The van der Waals surface area contributed by atoms with Crippen LogP contribution in [0, 0.1) is 22.7 Å². The van der Waals surface area contributed by atoms with Gasteiger partial charge in [-0.25, -0.2) is 0 Å². The van der Waals surface area contributed by atoms with Crippen molar-refractivity contribution in [3.05, 3.63) is 29.8 Å². The molecule has 0 amide bonds. The molecular weight excluding hydrogens is 440 g/mol. The normalized spacial score (nSPS) is 19.9. The molecule has 2 saturated carbocycles. The maximum absolute atomic E-state index is 6.60. The molecule has 3 rings (SSSR count). The van der Waals surface area contributed by atoms with Crippen LogP contribution in [0.1, 0.15) is 151 Å². The Balaban J connectivity index is 0.00000145. The van der Waals surface area contributed by atoms with Gasteiger partial charge in [0.05, 0.1) is 6.10 Å². The van der Waals surface area contributed by atoms with Crippen molar-refractivity contribution < 1.29 is 9.47 Å². The molecule has 1 aromatic rings. The lowest BCUT2D eigenvalue weighted by atomic mass is 9.58. The molecule has 2 aliphatic carbocycles. The van der Waals surface area contributed by atoms with E-state index in [1.165, 1.54) is 76.2 Å². The van der Waals surface area contributed by atoms with E-state index < -0.39 is 0 Å². The monoisotopic (exact) mass is 500 g/mol. The zero-order valence-corrected chi connectivity index (χ0v) is 25.5. The number of rotatable bonds is 9. The van der Waals surface area contributed by atoms with Gasteiger partial charge in [0.15, 0.2) is 0 Å². The second kappa shape index (κ2) is 14.8. The highest BCUT2D eigenvalue weighted by molar-refractivity contribution is 5.30. The van der Waals surface area contributed by atoms with E-state index in [9.17, 15) is 0 Å². The first-order chi connectivity index (χ1) is 17.0. The van der Waals surface area contributed by atoms with Crippen LogP contribution in [-0.2, 0) is 4.74 Å². The smallest absolute Gasteiger partial charge is 0.200 e. The molecule has 0 bridgehead atoms. The van der Waals surface area contributed by atoms with E-state index in [1.807, 2.05) is 0 Å². The minimum absolute atomic E-state index is 0.164. The van der Waals surface area contributed by atoms with Crippen molar-refractivity contribution in [2.75, 3.05) is 0 Å². The zero-order valence-electron chi connectivity index (χ0n) is 25.5. The fourth-order valence-corrected chi connectivity index (χ4v) is 6.46. The van der Waals surface area contributed by atoms with Gasteiger partial charge in [0, 0.05) is 6.42 Å². The first kappa shape index (κ1) is 31.2. The fraction of sp³-hybridized carbons (Fsp3) is 0.824. The maximum atomic E-state index is 6.60. The van der Waals surface area contributed by atoms with Gasteiger partial charge in [-0.05, 0) is 85.8 Å². The molecule has 36 heavy (non-hydrogen) atoms. The standard InChI is InChI=1S/C31H52O2.C3H8/c1-23(2)32-29(33-28-20-18-25(19-21-28)24(3)30(4,5)6)22-31(7,26-14-10-8-11-15-26)27-16-12-9-13-17-27;1-3-2/h18-21,23-24,26-27,29H,8-17,22H2,1-7H3;3H2,1-2H3. The van der Waals surface area contributed by atoms with Crippen LogP contribution in [0.3, 0.4) is 0 Å². The fourth-order valence-electron chi connectivity index (χ4n) is 6.46.